The predicted octanol–water partition coefficient (Wildman–Crippen LogP) is 3.65. The van der Waals surface area contributed by atoms with Crippen molar-refractivity contribution in [2.75, 3.05) is 0 Å². The summed E-state index contributed by atoms with van der Waals surface area (Å²) in [6.07, 6.45) is 0.909. The van der Waals surface area contributed by atoms with Crippen LogP contribution in [0.1, 0.15) is 37.0 Å². The molecule has 1 aromatic rings. The molecule has 0 unspecified atom stereocenters. The number of allylic oxidation sites excluding steroid dienone is 2. The van der Waals surface area contributed by atoms with E-state index in [4.69, 9.17) is 0 Å². The topological polar surface area (TPSA) is 46.5 Å². The Morgan fingerprint density at radius 1 is 1.25 bits per heavy atom. The van der Waals surface area contributed by atoms with Gasteiger partial charge in [0.25, 0.3) is 0 Å². The van der Waals surface area contributed by atoms with Crippen molar-refractivity contribution in [1.82, 2.24) is 0 Å². The van der Waals surface area contributed by atoms with Crippen molar-refractivity contribution in [2.24, 2.45) is 4.99 Å². The lowest BCUT2D eigenvalue weighted by molar-refractivity contribution is -0.115. The average Bonchev–Trinajstić information content (AvgIpc) is 2.42. The summed E-state index contributed by atoms with van der Waals surface area (Å²) in [5.74, 6) is -2.40. The largest absolute Gasteiger partial charge is 0.294 e. The van der Waals surface area contributed by atoms with Crippen LogP contribution in [-0.2, 0) is 4.79 Å². The lowest BCUT2D eigenvalue weighted by atomic mass is 10.0. The van der Waals surface area contributed by atoms with Crippen LogP contribution >= 0.6 is 0 Å². The lowest BCUT2D eigenvalue weighted by Gasteiger charge is -2.03. The number of carbonyl (C=O) groups excluding carboxylic acids is 2. The summed E-state index contributed by atoms with van der Waals surface area (Å²) >= 11 is 0. The molecule has 0 bridgehead atoms. The fraction of sp³-hybridized carbons (Fsp3) is 0.267. The number of aliphatic imine (C=N–C) groups is 1. The third-order valence-corrected chi connectivity index (χ3v) is 2.60. The molecule has 0 heterocycles. The zero-order valence-corrected chi connectivity index (χ0v) is 11.3. The first-order chi connectivity index (χ1) is 9.47. The van der Waals surface area contributed by atoms with Crippen LogP contribution in [-0.4, -0.2) is 17.8 Å². The highest BCUT2D eigenvalue weighted by molar-refractivity contribution is 6.02. The van der Waals surface area contributed by atoms with Crippen molar-refractivity contribution in [3.8, 4) is 0 Å². The van der Waals surface area contributed by atoms with E-state index < -0.39 is 23.2 Å². The summed E-state index contributed by atoms with van der Waals surface area (Å²) in [6.45, 7) is 2.68. The first-order valence-electron chi connectivity index (χ1n) is 6.13. The van der Waals surface area contributed by atoms with Gasteiger partial charge in [-0.1, -0.05) is 12.1 Å². The third kappa shape index (κ3) is 4.19. The van der Waals surface area contributed by atoms with Gasteiger partial charge in [0.05, 0.1) is 5.56 Å². The molecular formula is C15H15F2NO2. The van der Waals surface area contributed by atoms with E-state index in [1.54, 1.807) is 6.92 Å². The number of benzene rings is 1. The minimum absolute atomic E-state index is 0.0678. The normalized spacial score (nSPS) is 12.4. The molecule has 0 aliphatic rings. The van der Waals surface area contributed by atoms with E-state index >= 15 is 0 Å². The Kier molecular flexibility index (Phi) is 5.90. The van der Waals surface area contributed by atoms with Crippen molar-refractivity contribution < 1.29 is 18.4 Å². The molecule has 0 fully saturated rings. The highest BCUT2D eigenvalue weighted by atomic mass is 19.1. The van der Waals surface area contributed by atoms with Gasteiger partial charge in [-0.2, -0.15) is 0 Å². The molecule has 1 rings (SSSR count). The van der Waals surface area contributed by atoms with Crippen LogP contribution in [0.4, 0.5) is 8.78 Å². The molecular weight excluding hydrogens is 264 g/mol. The van der Waals surface area contributed by atoms with Gasteiger partial charge < -0.3 is 0 Å². The number of ketones is 2. The zero-order valence-electron chi connectivity index (χ0n) is 11.3. The molecule has 1 aromatic carbocycles. The van der Waals surface area contributed by atoms with Crippen LogP contribution in [0.25, 0.3) is 0 Å². The average molecular weight is 279 g/mol. The molecule has 0 aliphatic heterocycles. The maximum absolute atomic E-state index is 13.4. The number of halogens is 2. The van der Waals surface area contributed by atoms with Gasteiger partial charge in [-0.15, -0.1) is 0 Å². The van der Waals surface area contributed by atoms with Crippen LogP contribution < -0.4 is 0 Å². The monoisotopic (exact) mass is 279 g/mol. The molecule has 0 saturated heterocycles. The second-order valence-corrected chi connectivity index (χ2v) is 4.10. The van der Waals surface area contributed by atoms with Crippen LogP contribution in [0.15, 0.2) is 40.8 Å². The van der Waals surface area contributed by atoms with Gasteiger partial charge in [-0.3, -0.25) is 14.6 Å². The maximum atomic E-state index is 13.4. The summed E-state index contributed by atoms with van der Waals surface area (Å²) in [7, 11) is 0. The minimum Gasteiger partial charge on any atom is -0.294 e. The molecule has 0 aliphatic carbocycles. The number of nitrogens with zero attached hydrogens (tertiary/aromatic N) is 1. The fourth-order valence-electron chi connectivity index (χ4n) is 1.65. The summed E-state index contributed by atoms with van der Waals surface area (Å²) in [6, 6.07) is 5.54. The molecule has 3 nitrogen and oxygen atoms in total. The fourth-order valence-corrected chi connectivity index (χ4v) is 1.65. The molecule has 20 heavy (non-hydrogen) atoms. The molecule has 106 valence electrons. The maximum Gasteiger partial charge on any atom is 0.184 e. The Bertz CT molecular complexity index is 573. The number of rotatable bonds is 6. The predicted molar refractivity (Wildman–Crippen MR) is 72.9 cm³/mol. The van der Waals surface area contributed by atoms with Crippen LogP contribution in [0, 0.1) is 5.82 Å². The Hall–Kier alpha value is -2.17. The number of hydrogen-bond acceptors (Lipinski definition) is 3. The summed E-state index contributed by atoms with van der Waals surface area (Å²) in [5.41, 5.74) is -0.365. The van der Waals surface area contributed by atoms with Gasteiger partial charge in [0.1, 0.15) is 17.3 Å². The van der Waals surface area contributed by atoms with Crippen LogP contribution in [0.5, 0.6) is 0 Å². The van der Waals surface area contributed by atoms with Crippen molar-refractivity contribution in [1.29, 1.82) is 0 Å². The Morgan fingerprint density at radius 3 is 2.45 bits per heavy atom. The molecule has 0 spiro atoms. The Morgan fingerprint density at radius 2 is 1.90 bits per heavy atom. The minimum atomic E-state index is -0.702. The van der Waals surface area contributed by atoms with Crippen molar-refractivity contribution in [2.45, 2.75) is 26.7 Å². The quantitative estimate of drug-likeness (QED) is 0.453. The summed E-state index contributed by atoms with van der Waals surface area (Å²) < 4.78 is 26.5. The van der Waals surface area contributed by atoms with E-state index in [-0.39, 0.29) is 24.1 Å². The Labute approximate surface area is 116 Å². The first-order valence-corrected chi connectivity index (χ1v) is 6.13. The molecule has 0 aromatic heterocycles. The van der Waals surface area contributed by atoms with E-state index in [1.165, 1.54) is 30.5 Å². The van der Waals surface area contributed by atoms with Gasteiger partial charge in [0, 0.05) is 19.1 Å². The Balaban J connectivity index is 2.73. The van der Waals surface area contributed by atoms with E-state index in [9.17, 15) is 18.4 Å². The SMILES string of the molecule is CC=N/C(C(=O)CCC(=O)c1ccccc1F)=C(\C)F. The summed E-state index contributed by atoms with van der Waals surface area (Å²) in [4.78, 5) is 27.2. The molecule has 0 radical (unpaired) electrons. The van der Waals surface area contributed by atoms with Gasteiger partial charge in [0.2, 0.25) is 0 Å². The molecule has 0 N–H and O–H groups in total. The van der Waals surface area contributed by atoms with Gasteiger partial charge in [-0.25, -0.2) is 8.78 Å². The van der Waals surface area contributed by atoms with E-state index in [0.29, 0.717) is 0 Å². The van der Waals surface area contributed by atoms with Gasteiger partial charge >= 0.3 is 0 Å². The highest BCUT2D eigenvalue weighted by Crippen LogP contribution is 2.15. The van der Waals surface area contributed by atoms with Gasteiger partial charge in [0.15, 0.2) is 11.6 Å². The van der Waals surface area contributed by atoms with Crippen molar-refractivity contribution in [3.05, 3.63) is 47.2 Å². The number of Topliss-reactive ketones (excluding diaryl/α,β-unsaturated/α-hetero) is 2. The third-order valence-electron chi connectivity index (χ3n) is 2.60. The summed E-state index contributed by atoms with van der Waals surface area (Å²) in [5, 5.41) is 0. The smallest absolute Gasteiger partial charge is 0.184 e. The van der Waals surface area contributed by atoms with Crippen molar-refractivity contribution in [3.63, 3.8) is 0 Å². The number of hydrogen-bond donors (Lipinski definition) is 0. The lowest BCUT2D eigenvalue weighted by Crippen LogP contribution is -2.08. The second-order valence-electron chi connectivity index (χ2n) is 4.10. The second kappa shape index (κ2) is 7.43. The molecule has 0 saturated carbocycles. The van der Waals surface area contributed by atoms with Crippen LogP contribution in [0.2, 0.25) is 0 Å². The van der Waals surface area contributed by atoms with Crippen LogP contribution in [0.3, 0.4) is 0 Å². The molecule has 5 heteroatoms. The standard InChI is InChI=1S/C15H15F2NO2/c1-3-18-15(10(2)16)14(20)9-8-13(19)11-6-4-5-7-12(11)17/h3-7H,8-9H2,1-2H3/b15-10+,18-3?. The van der Waals surface area contributed by atoms with E-state index in [2.05, 4.69) is 4.99 Å². The first kappa shape index (κ1) is 15.9. The van der Waals surface area contributed by atoms with Crippen molar-refractivity contribution >= 4 is 17.8 Å². The molecule has 0 amide bonds. The number of carbonyl (C=O) groups is 2. The van der Waals surface area contributed by atoms with E-state index in [0.717, 1.165) is 6.92 Å². The zero-order chi connectivity index (χ0) is 15.1. The van der Waals surface area contributed by atoms with Gasteiger partial charge in [-0.05, 0) is 26.0 Å². The highest BCUT2D eigenvalue weighted by Gasteiger charge is 2.16. The molecule has 0 atom stereocenters. The van der Waals surface area contributed by atoms with E-state index in [1.807, 2.05) is 0 Å².